The molecule has 8 rings (SSSR count). The molecule has 0 heterocycles. The van der Waals surface area contributed by atoms with E-state index in [1.54, 1.807) is 54.5 Å². The quantitative estimate of drug-likeness (QED) is 0.123. The summed E-state index contributed by atoms with van der Waals surface area (Å²) in [7, 11) is -2.36. The number of hydrogen-bond acceptors (Lipinski definition) is 0. The van der Waals surface area contributed by atoms with Crippen LogP contribution in [0, 0.1) is 13.8 Å². The zero-order valence-corrected chi connectivity index (χ0v) is 45.9. The van der Waals surface area contributed by atoms with E-state index >= 15 is 0 Å². The van der Waals surface area contributed by atoms with Gasteiger partial charge >= 0.3 is 25.8 Å². The third-order valence-electron chi connectivity index (χ3n) is 14.1. The number of hydrogen-bond donors (Lipinski definition) is 0. The van der Waals surface area contributed by atoms with Crippen LogP contribution in [0.5, 0.6) is 0 Å². The van der Waals surface area contributed by atoms with E-state index in [2.05, 4.69) is 171 Å². The van der Waals surface area contributed by atoms with E-state index < -0.39 is 8.07 Å². The number of halogens is 2. The Kier molecular flexibility index (Phi) is 13.3. The van der Waals surface area contributed by atoms with Crippen molar-refractivity contribution in [1.82, 2.24) is 0 Å². The van der Waals surface area contributed by atoms with Crippen LogP contribution >= 0.6 is 0 Å². The van der Waals surface area contributed by atoms with Crippen molar-refractivity contribution in [3.63, 3.8) is 0 Å². The van der Waals surface area contributed by atoms with Crippen LogP contribution in [-0.2, 0) is 73.2 Å². The first kappa shape index (κ1) is 48.8. The minimum Gasteiger partial charge on any atom is -1.00 e. The Morgan fingerprint density at radius 1 is 0.450 bits per heavy atom. The van der Waals surface area contributed by atoms with Crippen molar-refractivity contribution < 1.29 is 50.7 Å². The topological polar surface area (TPSA) is 0 Å². The average molecular weight is 1020 g/mol. The van der Waals surface area contributed by atoms with Crippen molar-refractivity contribution in [3.05, 3.63) is 116 Å². The maximum absolute atomic E-state index is 2.70. The minimum atomic E-state index is -2.36. The fourth-order valence-electron chi connectivity index (χ4n) is 11.0. The largest absolute Gasteiger partial charge is 4.00 e. The van der Waals surface area contributed by atoms with Gasteiger partial charge < -0.3 is 24.8 Å². The zero-order chi connectivity index (χ0) is 41.4. The van der Waals surface area contributed by atoms with Crippen LogP contribution in [0.2, 0.25) is 13.1 Å². The SMILES string of the molecule is Cc1[cH-]c2cc3c(c(-c4cc(C(C)(C)C)cc(C(C)(C)C)c4)c2c1[Si](C)(C)c1c(C)[cH-]c2cc4c(c(-c5cc(C(C)(C)C)cc(C(C)(C)C)c5)c12)CCC4)CCC3.[Cl-].[Cl-].[Hf+4]. The summed E-state index contributed by atoms with van der Waals surface area (Å²) in [5.41, 5.74) is 21.3. The minimum absolute atomic E-state index is 0. The van der Waals surface area contributed by atoms with E-state index in [1.165, 1.54) is 93.8 Å². The number of rotatable bonds is 4. The molecule has 0 N–H and O–H groups in total. The van der Waals surface area contributed by atoms with Crippen molar-refractivity contribution in [2.24, 2.45) is 0 Å². The van der Waals surface area contributed by atoms with Crippen LogP contribution in [0.1, 0.15) is 152 Å². The molecule has 0 amide bonds. The van der Waals surface area contributed by atoms with E-state index in [0.717, 1.165) is 0 Å². The van der Waals surface area contributed by atoms with Gasteiger partial charge in [0.15, 0.2) is 0 Å². The first-order valence-corrected chi connectivity index (χ1v) is 25.2. The molecule has 0 nitrogen and oxygen atoms in total. The van der Waals surface area contributed by atoms with Crippen LogP contribution in [0.4, 0.5) is 0 Å². The van der Waals surface area contributed by atoms with Crippen molar-refractivity contribution in [2.45, 2.75) is 170 Å². The standard InChI is InChI=1S/C56H70Si.2ClH.Hf/c1-33-23-37-25-35-19-17-21-45(35)47(39-27-41(53(3,4)5)31-42(28-39)54(6,7)8)49(37)51(33)57(15,16)52-34(2)24-38-26-36-20-18-22-46(36)48(50(38)52)40-29-43(55(9,10)11)32-44(30-40)56(12,13)14;;;/h23-32H,17-22H2,1-16H3;2*1H;/q-2;;;+4/p-2. The van der Waals surface area contributed by atoms with Crippen LogP contribution in [0.3, 0.4) is 0 Å². The maximum Gasteiger partial charge on any atom is 4.00 e. The molecule has 4 heteroatoms. The van der Waals surface area contributed by atoms with Gasteiger partial charge in [-0.2, -0.15) is 10.4 Å². The van der Waals surface area contributed by atoms with Gasteiger partial charge in [0.25, 0.3) is 0 Å². The molecule has 6 aromatic carbocycles. The fourth-order valence-corrected chi connectivity index (χ4v) is 15.1. The van der Waals surface area contributed by atoms with E-state index in [0.29, 0.717) is 0 Å². The van der Waals surface area contributed by atoms with Crippen LogP contribution < -0.4 is 35.2 Å². The van der Waals surface area contributed by atoms with Gasteiger partial charge in [0.05, 0.1) is 0 Å². The van der Waals surface area contributed by atoms with Crippen molar-refractivity contribution in [2.75, 3.05) is 0 Å². The second-order valence-corrected chi connectivity index (χ2v) is 27.3. The van der Waals surface area contributed by atoms with Gasteiger partial charge in [0.2, 0.25) is 0 Å². The van der Waals surface area contributed by atoms with Crippen LogP contribution in [0.25, 0.3) is 43.8 Å². The molecule has 0 unspecified atom stereocenters. The number of aryl methyl sites for hydroxylation is 4. The van der Waals surface area contributed by atoms with Crippen molar-refractivity contribution >= 4 is 40.0 Å². The smallest absolute Gasteiger partial charge is 1.00 e. The zero-order valence-electron chi connectivity index (χ0n) is 39.8. The van der Waals surface area contributed by atoms with E-state index in [4.69, 9.17) is 0 Å². The van der Waals surface area contributed by atoms with Gasteiger partial charge in [-0.15, -0.1) is 56.9 Å². The average Bonchev–Trinajstić information content (AvgIpc) is 3.88. The van der Waals surface area contributed by atoms with Gasteiger partial charge in [0, 0.05) is 8.07 Å². The summed E-state index contributed by atoms with van der Waals surface area (Å²) in [4.78, 5) is 0. The second kappa shape index (κ2) is 16.4. The second-order valence-electron chi connectivity index (χ2n) is 23.0. The maximum atomic E-state index is 2.70. The molecule has 0 fully saturated rings. The fraction of sp³-hybridized carbons (Fsp3) is 0.464. The number of benzene rings is 4. The van der Waals surface area contributed by atoms with E-state index in [-0.39, 0.29) is 72.3 Å². The predicted molar refractivity (Wildman–Crippen MR) is 255 cm³/mol. The molecule has 6 aromatic rings. The summed E-state index contributed by atoms with van der Waals surface area (Å²) in [6.07, 6.45) is 7.22. The molecule has 0 spiro atoms. The van der Waals surface area contributed by atoms with E-state index in [1.807, 2.05) is 0 Å². The molecular formula is C56H70Cl2HfSi. The molecule has 2 aliphatic rings. The molecule has 0 radical (unpaired) electrons. The van der Waals surface area contributed by atoms with Gasteiger partial charge in [0.1, 0.15) is 0 Å². The summed E-state index contributed by atoms with van der Waals surface area (Å²) >= 11 is 0. The van der Waals surface area contributed by atoms with Crippen molar-refractivity contribution in [1.29, 1.82) is 0 Å². The molecule has 0 aliphatic heterocycles. The predicted octanol–water partition coefficient (Wildman–Crippen LogP) is 8.38. The van der Waals surface area contributed by atoms with E-state index in [9.17, 15) is 0 Å². The molecule has 0 saturated carbocycles. The van der Waals surface area contributed by atoms with Crippen molar-refractivity contribution in [3.8, 4) is 22.3 Å². The monoisotopic (exact) mass is 1020 g/mol. The number of fused-ring (bicyclic) bond motifs is 4. The van der Waals surface area contributed by atoms with Crippen LogP contribution in [-0.4, -0.2) is 8.07 Å². The van der Waals surface area contributed by atoms with Crippen LogP contribution in [0.15, 0.2) is 60.7 Å². The molecule has 0 bridgehead atoms. The summed E-state index contributed by atoms with van der Waals surface area (Å²) in [6.45, 7) is 38.9. The molecule has 0 saturated heterocycles. The molecule has 2 aliphatic carbocycles. The Hall–Kier alpha value is -2.23. The Morgan fingerprint density at radius 3 is 1.03 bits per heavy atom. The summed E-state index contributed by atoms with van der Waals surface area (Å²) in [5.74, 6) is 0. The molecule has 0 atom stereocenters. The molecule has 60 heavy (non-hydrogen) atoms. The van der Waals surface area contributed by atoms with Gasteiger partial charge in [-0.1, -0.05) is 180 Å². The normalized spacial score (nSPS) is 14.5. The van der Waals surface area contributed by atoms with Gasteiger partial charge in [-0.3, -0.25) is 0 Å². The Labute approximate surface area is 396 Å². The molecule has 316 valence electrons. The van der Waals surface area contributed by atoms with Gasteiger partial charge in [-0.05, 0) is 93.6 Å². The molecule has 0 aromatic heterocycles. The Bertz CT molecular complexity index is 2350. The first-order valence-electron chi connectivity index (χ1n) is 22.2. The summed E-state index contributed by atoms with van der Waals surface area (Å²) in [5, 5.41) is 9.33. The summed E-state index contributed by atoms with van der Waals surface area (Å²) < 4.78 is 0. The Balaban J connectivity index is 0.00000228. The third kappa shape index (κ3) is 8.32. The summed E-state index contributed by atoms with van der Waals surface area (Å²) in [6, 6.07) is 25.6. The third-order valence-corrected chi connectivity index (χ3v) is 17.8. The molecular weight excluding hydrogens is 950 g/mol. The Morgan fingerprint density at radius 2 is 0.750 bits per heavy atom. The van der Waals surface area contributed by atoms with Gasteiger partial charge in [-0.25, -0.2) is 0 Å². The first-order chi connectivity index (χ1) is 26.4.